The molecule has 0 radical (unpaired) electrons. The van der Waals surface area contributed by atoms with Crippen molar-refractivity contribution in [2.45, 2.75) is 77.2 Å². The minimum atomic E-state index is -0.595. The molecule has 0 aliphatic heterocycles. The van der Waals surface area contributed by atoms with E-state index < -0.39 is 6.10 Å². The smallest absolute Gasteiger partial charge is 0.233 e. The van der Waals surface area contributed by atoms with Gasteiger partial charge in [-0.25, -0.2) is 0 Å². The van der Waals surface area contributed by atoms with Crippen molar-refractivity contribution in [2.24, 2.45) is 16.7 Å². The number of nitrogens with zero attached hydrogens (tertiary/aromatic N) is 2. The fourth-order valence-corrected chi connectivity index (χ4v) is 6.45. The molecule has 4 bridgehead atoms. The summed E-state index contributed by atoms with van der Waals surface area (Å²) in [5.41, 5.74) is 0.944. The zero-order valence-electron chi connectivity index (χ0n) is 13.4. The Kier molecular flexibility index (Phi) is 2.68. The number of hydrogen-bond acceptors (Lipinski definition) is 4. The van der Waals surface area contributed by atoms with Gasteiger partial charge in [0.25, 0.3) is 0 Å². The molecule has 0 saturated heterocycles. The maximum absolute atomic E-state index is 9.94. The summed E-state index contributed by atoms with van der Waals surface area (Å²) in [6.45, 7) is 6.83. The Morgan fingerprint density at radius 3 is 2.43 bits per heavy atom. The molecule has 0 aromatic carbocycles. The number of aliphatic hydroxyl groups excluding tert-OH is 1. The average Bonchev–Trinajstić information content (AvgIpc) is 2.83. The van der Waals surface area contributed by atoms with Gasteiger partial charge in [0.15, 0.2) is 5.82 Å². The van der Waals surface area contributed by atoms with Gasteiger partial charge in [0.2, 0.25) is 5.89 Å². The second-order valence-electron chi connectivity index (χ2n) is 8.79. The van der Waals surface area contributed by atoms with E-state index in [-0.39, 0.29) is 5.41 Å². The fourth-order valence-electron chi connectivity index (χ4n) is 6.45. The zero-order valence-corrected chi connectivity index (χ0v) is 13.4. The number of aromatic nitrogens is 2. The Morgan fingerprint density at radius 2 is 1.86 bits per heavy atom. The van der Waals surface area contributed by atoms with E-state index in [1.165, 1.54) is 38.5 Å². The van der Waals surface area contributed by atoms with E-state index in [9.17, 15) is 5.11 Å². The van der Waals surface area contributed by atoms with Gasteiger partial charge in [-0.1, -0.05) is 25.9 Å². The minimum Gasteiger partial charge on any atom is -0.385 e. The summed E-state index contributed by atoms with van der Waals surface area (Å²) in [4.78, 5) is 4.61. The fraction of sp³-hybridized carbons (Fsp3) is 0.882. The number of hydrogen-bond donors (Lipinski definition) is 1. The highest BCUT2D eigenvalue weighted by Gasteiger charge is 2.62. The van der Waals surface area contributed by atoms with Crippen molar-refractivity contribution in [1.82, 2.24) is 10.1 Å². The van der Waals surface area contributed by atoms with Crippen molar-refractivity contribution < 1.29 is 9.63 Å². The first kappa shape index (κ1) is 13.7. The zero-order chi connectivity index (χ0) is 14.9. The van der Waals surface area contributed by atoms with Gasteiger partial charge in [-0.05, 0) is 61.7 Å². The predicted octanol–water partition coefficient (Wildman–Crippen LogP) is 3.76. The maximum Gasteiger partial charge on any atom is 0.233 e. The van der Waals surface area contributed by atoms with E-state index in [1.807, 2.05) is 6.92 Å². The molecule has 4 fully saturated rings. The Morgan fingerprint density at radius 1 is 1.19 bits per heavy atom. The lowest BCUT2D eigenvalue weighted by Gasteiger charge is -2.64. The lowest BCUT2D eigenvalue weighted by molar-refractivity contribution is -0.118. The first-order valence-electron chi connectivity index (χ1n) is 8.38. The molecule has 4 nitrogen and oxygen atoms in total. The summed E-state index contributed by atoms with van der Waals surface area (Å²) in [5, 5.41) is 14.0. The number of aliphatic hydroxyl groups is 1. The van der Waals surface area contributed by atoms with Crippen LogP contribution in [0.3, 0.4) is 0 Å². The van der Waals surface area contributed by atoms with Crippen LogP contribution in [-0.4, -0.2) is 15.2 Å². The van der Waals surface area contributed by atoms with Gasteiger partial charge in [0.1, 0.15) is 6.10 Å². The molecule has 4 aliphatic carbocycles. The van der Waals surface area contributed by atoms with Crippen LogP contribution in [0.1, 0.15) is 83.5 Å². The lowest BCUT2D eigenvalue weighted by atomic mass is 9.40. The SMILES string of the molecule is CCC(O)c1noc(C23CC4CC(C)(CC(C)(C4)C2)C3)n1. The van der Waals surface area contributed by atoms with Crippen LogP contribution in [0.15, 0.2) is 4.52 Å². The summed E-state index contributed by atoms with van der Waals surface area (Å²) in [6.07, 6.45) is 7.66. The van der Waals surface area contributed by atoms with Gasteiger partial charge < -0.3 is 9.63 Å². The minimum absolute atomic E-state index is 0.0711. The maximum atomic E-state index is 9.94. The van der Waals surface area contributed by atoms with Crippen LogP contribution < -0.4 is 0 Å². The van der Waals surface area contributed by atoms with Crippen molar-refractivity contribution in [3.8, 4) is 0 Å². The third kappa shape index (κ3) is 1.98. The van der Waals surface area contributed by atoms with Crippen LogP contribution >= 0.6 is 0 Å². The predicted molar refractivity (Wildman–Crippen MR) is 78.6 cm³/mol. The summed E-state index contributed by atoms with van der Waals surface area (Å²) < 4.78 is 5.64. The van der Waals surface area contributed by atoms with Gasteiger partial charge >= 0.3 is 0 Å². The molecule has 0 amide bonds. The van der Waals surface area contributed by atoms with Crippen LogP contribution in [0.2, 0.25) is 0 Å². The summed E-state index contributed by atoms with van der Waals surface area (Å²) in [5.74, 6) is 2.08. The molecule has 21 heavy (non-hydrogen) atoms. The average molecular weight is 290 g/mol. The van der Waals surface area contributed by atoms with Crippen LogP contribution in [0.25, 0.3) is 0 Å². The van der Waals surface area contributed by atoms with Crippen molar-refractivity contribution in [2.75, 3.05) is 0 Å². The van der Waals surface area contributed by atoms with Crippen molar-refractivity contribution in [3.63, 3.8) is 0 Å². The molecule has 1 aromatic heterocycles. The third-order valence-electron chi connectivity index (χ3n) is 6.21. The van der Waals surface area contributed by atoms with E-state index in [0.29, 0.717) is 23.1 Å². The number of rotatable bonds is 3. The largest absolute Gasteiger partial charge is 0.385 e. The molecule has 3 unspecified atom stereocenters. The van der Waals surface area contributed by atoms with Gasteiger partial charge in [-0.15, -0.1) is 0 Å². The molecular formula is C17H26N2O2. The van der Waals surface area contributed by atoms with Gasteiger partial charge in [0, 0.05) is 0 Å². The van der Waals surface area contributed by atoms with Crippen LogP contribution in [0.4, 0.5) is 0 Å². The van der Waals surface area contributed by atoms with E-state index in [2.05, 4.69) is 24.0 Å². The molecule has 4 aliphatic rings. The second-order valence-corrected chi connectivity index (χ2v) is 8.79. The normalized spacial score (nSPS) is 46.0. The molecule has 3 atom stereocenters. The molecule has 1 N–H and O–H groups in total. The van der Waals surface area contributed by atoms with Crippen molar-refractivity contribution >= 4 is 0 Å². The molecule has 116 valence electrons. The molecule has 5 rings (SSSR count). The van der Waals surface area contributed by atoms with E-state index in [4.69, 9.17) is 4.52 Å². The van der Waals surface area contributed by atoms with Crippen LogP contribution in [0.5, 0.6) is 0 Å². The Bertz CT molecular complexity index is 549. The highest BCUT2D eigenvalue weighted by molar-refractivity contribution is 5.20. The Balaban J connectivity index is 1.72. The van der Waals surface area contributed by atoms with Crippen LogP contribution in [-0.2, 0) is 5.41 Å². The summed E-state index contributed by atoms with van der Waals surface area (Å²) in [7, 11) is 0. The monoisotopic (exact) mass is 290 g/mol. The first-order valence-corrected chi connectivity index (χ1v) is 8.38. The molecule has 4 heteroatoms. The summed E-state index contributed by atoms with van der Waals surface area (Å²) >= 11 is 0. The summed E-state index contributed by atoms with van der Waals surface area (Å²) in [6, 6.07) is 0. The van der Waals surface area contributed by atoms with E-state index in [1.54, 1.807) is 0 Å². The quantitative estimate of drug-likeness (QED) is 0.920. The van der Waals surface area contributed by atoms with Gasteiger partial charge in [-0.3, -0.25) is 0 Å². The molecule has 1 aromatic rings. The highest BCUT2D eigenvalue weighted by atomic mass is 16.5. The molecular weight excluding hydrogens is 264 g/mol. The lowest BCUT2D eigenvalue weighted by Crippen LogP contribution is -2.57. The molecule has 1 heterocycles. The van der Waals surface area contributed by atoms with Crippen molar-refractivity contribution in [3.05, 3.63) is 11.7 Å². The second kappa shape index (κ2) is 4.09. The standard InChI is InChI=1S/C17H26N2O2/c1-4-12(20)13-18-14(21-19-13)17-7-11-5-15(2,9-17)8-16(3,6-11)10-17/h11-12,20H,4-10H2,1-3H3. The third-order valence-corrected chi connectivity index (χ3v) is 6.21. The van der Waals surface area contributed by atoms with Gasteiger partial charge in [0.05, 0.1) is 5.41 Å². The van der Waals surface area contributed by atoms with E-state index in [0.717, 1.165) is 11.8 Å². The highest BCUT2D eigenvalue weighted by Crippen LogP contribution is 2.69. The topological polar surface area (TPSA) is 59.2 Å². The molecule has 0 spiro atoms. The van der Waals surface area contributed by atoms with Crippen LogP contribution in [0, 0.1) is 16.7 Å². The van der Waals surface area contributed by atoms with Crippen molar-refractivity contribution in [1.29, 1.82) is 0 Å². The molecule has 4 saturated carbocycles. The first-order chi connectivity index (χ1) is 9.85. The van der Waals surface area contributed by atoms with E-state index >= 15 is 0 Å². The Labute approximate surface area is 126 Å². The van der Waals surface area contributed by atoms with Gasteiger partial charge in [-0.2, -0.15) is 4.98 Å². The Hall–Kier alpha value is -0.900.